The van der Waals surface area contributed by atoms with Crippen molar-refractivity contribution >= 4 is 45.5 Å². The summed E-state index contributed by atoms with van der Waals surface area (Å²) in [6.07, 6.45) is 4.10. The van der Waals surface area contributed by atoms with Crippen LogP contribution in [0.3, 0.4) is 0 Å². The molecule has 0 radical (unpaired) electrons. The summed E-state index contributed by atoms with van der Waals surface area (Å²) < 4.78 is 38.8. The molecule has 0 fully saturated rings. The second-order valence-electron chi connectivity index (χ2n) is 8.84. The van der Waals surface area contributed by atoms with Crippen LogP contribution in [-0.2, 0) is 11.8 Å². The SMILES string of the molecule is COc1cc2c(cc1-c1cccn3c(C(=O)c4cc(F)c(NC(=O)/C=C/CCl)c(F)c4)ccc13)nc(C)n2C. The molecular weight excluding hydrogens is 526 g/mol. The summed E-state index contributed by atoms with van der Waals surface area (Å²) in [5.41, 5.74) is 3.35. The van der Waals surface area contributed by atoms with Crippen molar-refractivity contribution in [2.45, 2.75) is 6.92 Å². The maximum atomic E-state index is 14.8. The maximum Gasteiger partial charge on any atom is 0.248 e. The van der Waals surface area contributed by atoms with E-state index >= 15 is 0 Å². The molecule has 0 bridgehead atoms. The summed E-state index contributed by atoms with van der Waals surface area (Å²) in [5, 5.41) is 2.13. The summed E-state index contributed by atoms with van der Waals surface area (Å²) in [5.74, 6) is -1.92. The fourth-order valence-corrected chi connectivity index (χ4v) is 4.65. The van der Waals surface area contributed by atoms with E-state index < -0.39 is 29.0 Å². The number of imidazole rings is 1. The number of nitrogens with zero attached hydrogens (tertiary/aromatic N) is 3. The Kier molecular flexibility index (Phi) is 6.93. The van der Waals surface area contributed by atoms with Gasteiger partial charge in [-0.3, -0.25) is 9.59 Å². The Morgan fingerprint density at radius 2 is 1.82 bits per heavy atom. The van der Waals surface area contributed by atoms with Crippen molar-refractivity contribution in [3.63, 3.8) is 0 Å². The molecule has 2 aromatic carbocycles. The molecule has 0 aliphatic rings. The first kappa shape index (κ1) is 26.1. The highest BCUT2D eigenvalue weighted by Gasteiger charge is 2.21. The monoisotopic (exact) mass is 548 g/mol. The number of aromatic nitrogens is 3. The Hall–Kier alpha value is -4.50. The number of aryl methyl sites for hydroxylation is 2. The smallest absolute Gasteiger partial charge is 0.248 e. The molecule has 7 nitrogen and oxygen atoms in total. The molecule has 3 heterocycles. The molecule has 0 aliphatic carbocycles. The molecule has 0 atom stereocenters. The van der Waals surface area contributed by atoms with Crippen LogP contribution in [0.1, 0.15) is 21.9 Å². The minimum Gasteiger partial charge on any atom is -0.496 e. The van der Waals surface area contributed by atoms with E-state index in [4.69, 9.17) is 16.3 Å². The van der Waals surface area contributed by atoms with Crippen molar-refractivity contribution in [1.29, 1.82) is 0 Å². The molecule has 1 amide bonds. The summed E-state index contributed by atoms with van der Waals surface area (Å²) >= 11 is 5.48. The molecule has 0 saturated heterocycles. The molecule has 198 valence electrons. The molecule has 0 spiro atoms. The molecule has 3 aromatic heterocycles. The number of hydrogen-bond acceptors (Lipinski definition) is 4. The van der Waals surface area contributed by atoms with Gasteiger partial charge >= 0.3 is 0 Å². The van der Waals surface area contributed by atoms with Crippen LogP contribution in [0, 0.1) is 18.6 Å². The first-order chi connectivity index (χ1) is 18.7. The lowest BCUT2D eigenvalue weighted by atomic mass is 10.0. The first-order valence-corrected chi connectivity index (χ1v) is 12.5. The van der Waals surface area contributed by atoms with E-state index in [9.17, 15) is 18.4 Å². The lowest BCUT2D eigenvalue weighted by Gasteiger charge is -2.12. The van der Waals surface area contributed by atoms with Gasteiger partial charge in [0.1, 0.15) is 28.9 Å². The minimum atomic E-state index is -1.07. The predicted molar refractivity (Wildman–Crippen MR) is 147 cm³/mol. The number of nitrogens with one attached hydrogen (secondary N) is 1. The number of anilines is 1. The standard InChI is InChI=1S/C29H23ClF2N4O3/c1-16-33-22-14-19(26(39-3)15-25(22)35(16)2)18-6-5-11-36-23(18)8-9-24(36)29(38)17-12-20(31)28(21(32)13-17)34-27(37)7-4-10-30/h4-9,11-15H,10H2,1-3H3,(H,34,37)/b7-4+. The zero-order valence-electron chi connectivity index (χ0n) is 21.3. The van der Waals surface area contributed by atoms with Crippen LogP contribution in [0.5, 0.6) is 5.75 Å². The number of fused-ring (bicyclic) bond motifs is 2. The topological polar surface area (TPSA) is 77.6 Å². The molecule has 10 heteroatoms. The average molecular weight is 549 g/mol. The molecule has 5 aromatic rings. The first-order valence-electron chi connectivity index (χ1n) is 11.9. The number of carbonyl (C=O) groups excluding carboxylic acids is 2. The largest absolute Gasteiger partial charge is 0.496 e. The van der Waals surface area contributed by atoms with Crippen LogP contribution in [0.2, 0.25) is 0 Å². The number of alkyl halides is 1. The van der Waals surface area contributed by atoms with Crippen LogP contribution in [0.4, 0.5) is 14.5 Å². The van der Waals surface area contributed by atoms with Crippen LogP contribution in [0.25, 0.3) is 27.7 Å². The Morgan fingerprint density at radius 1 is 1.08 bits per heavy atom. The molecule has 39 heavy (non-hydrogen) atoms. The van der Waals surface area contributed by atoms with Crippen LogP contribution >= 0.6 is 11.6 Å². The van der Waals surface area contributed by atoms with Gasteiger partial charge in [0.05, 0.1) is 29.4 Å². The van der Waals surface area contributed by atoms with Gasteiger partial charge in [-0.2, -0.15) is 0 Å². The number of ether oxygens (including phenoxy) is 1. The van der Waals surface area contributed by atoms with Crippen molar-refractivity contribution in [2.24, 2.45) is 7.05 Å². The van der Waals surface area contributed by atoms with Gasteiger partial charge in [0.25, 0.3) is 0 Å². The Labute approximate surface area is 227 Å². The second-order valence-corrected chi connectivity index (χ2v) is 9.15. The zero-order valence-corrected chi connectivity index (χ0v) is 22.0. The number of benzene rings is 2. The number of carbonyl (C=O) groups is 2. The van der Waals surface area contributed by atoms with Crippen LogP contribution in [0.15, 0.2) is 66.9 Å². The van der Waals surface area contributed by atoms with Crippen molar-refractivity contribution in [1.82, 2.24) is 14.0 Å². The van der Waals surface area contributed by atoms with Gasteiger partial charge in [-0.05, 0) is 43.3 Å². The predicted octanol–water partition coefficient (Wildman–Crippen LogP) is 6.05. The van der Waals surface area contributed by atoms with Crippen LogP contribution < -0.4 is 10.1 Å². The normalized spacial score (nSPS) is 11.5. The number of ketones is 1. The second kappa shape index (κ2) is 10.3. The number of rotatable bonds is 7. The lowest BCUT2D eigenvalue weighted by Crippen LogP contribution is -2.13. The van der Waals surface area contributed by atoms with Crippen molar-refractivity contribution in [3.05, 3.63) is 95.6 Å². The number of halogens is 3. The van der Waals surface area contributed by atoms with Gasteiger partial charge in [-0.15, -0.1) is 11.6 Å². The van der Waals surface area contributed by atoms with E-state index in [0.29, 0.717) is 11.3 Å². The summed E-state index contributed by atoms with van der Waals surface area (Å²) in [7, 11) is 3.52. The molecule has 0 unspecified atom stereocenters. The van der Waals surface area contributed by atoms with Crippen molar-refractivity contribution < 1.29 is 23.1 Å². The maximum absolute atomic E-state index is 14.8. The number of allylic oxidation sites excluding steroid dienone is 1. The number of pyridine rings is 1. The minimum absolute atomic E-state index is 0.0724. The highest BCUT2D eigenvalue weighted by molar-refractivity contribution is 6.19. The van der Waals surface area contributed by atoms with Crippen LogP contribution in [-0.4, -0.2) is 38.6 Å². The van der Waals surface area contributed by atoms with Gasteiger partial charge in [-0.25, -0.2) is 13.8 Å². The highest BCUT2D eigenvalue weighted by atomic mass is 35.5. The van der Waals surface area contributed by atoms with E-state index in [1.165, 1.54) is 6.08 Å². The van der Waals surface area contributed by atoms with Gasteiger partial charge < -0.3 is 19.0 Å². The third-order valence-corrected chi connectivity index (χ3v) is 6.73. The van der Waals surface area contributed by atoms with E-state index in [0.717, 1.165) is 46.2 Å². The Bertz CT molecular complexity index is 1780. The lowest BCUT2D eigenvalue weighted by molar-refractivity contribution is -0.112. The van der Waals surface area contributed by atoms with Crippen molar-refractivity contribution in [3.8, 4) is 16.9 Å². The van der Waals surface area contributed by atoms with E-state index in [1.54, 1.807) is 35.9 Å². The summed E-state index contributed by atoms with van der Waals surface area (Å²) in [6, 6.07) is 12.7. The van der Waals surface area contributed by atoms with E-state index in [1.807, 2.05) is 36.7 Å². The summed E-state index contributed by atoms with van der Waals surface area (Å²) in [6.45, 7) is 1.92. The molecular formula is C29H23ClF2N4O3. The number of amides is 1. The third-order valence-electron chi connectivity index (χ3n) is 6.55. The van der Waals surface area contributed by atoms with Gasteiger partial charge in [0.15, 0.2) is 0 Å². The third kappa shape index (κ3) is 4.66. The zero-order chi connectivity index (χ0) is 27.8. The van der Waals surface area contributed by atoms with Gasteiger partial charge in [0.2, 0.25) is 11.7 Å². The molecule has 5 rings (SSSR count). The van der Waals surface area contributed by atoms with E-state index in [2.05, 4.69) is 10.3 Å². The van der Waals surface area contributed by atoms with Gasteiger partial charge in [0, 0.05) is 48.0 Å². The Balaban J connectivity index is 1.55. The van der Waals surface area contributed by atoms with E-state index in [-0.39, 0.29) is 17.1 Å². The quantitative estimate of drug-likeness (QED) is 0.152. The van der Waals surface area contributed by atoms with Crippen molar-refractivity contribution in [2.75, 3.05) is 18.3 Å². The average Bonchev–Trinajstić information content (AvgIpc) is 3.48. The van der Waals surface area contributed by atoms with Gasteiger partial charge in [-0.1, -0.05) is 12.1 Å². The number of methoxy groups -OCH3 is 1. The molecule has 0 aliphatic heterocycles. The Morgan fingerprint density at radius 3 is 2.51 bits per heavy atom. The molecule has 1 N–H and O–H groups in total. The number of hydrogen-bond donors (Lipinski definition) is 1. The molecule has 0 saturated carbocycles. The fraction of sp³-hybridized carbons (Fsp3) is 0.138. The summed E-state index contributed by atoms with van der Waals surface area (Å²) in [4.78, 5) is 29.8. The fourth-order valence-electron chi connectivity index (χ4n) is 4.56. The highest BCUT2D eigenvalue weighted by Crippen LogP contribution is 2.37.